The molecule has 0 aliphatic carbocycles. The Bertz CT molecular complexity index is 331. The summed E-state index contributed by atoms with van der Waals surface area (Å²) >= 11 is 0. The summed E-state index contributed by atoms with van der Waals surface area (Å²) in [6.45, 7) is 7.94. The third kappa shape index (κ3) is 3.47. The number of benzene rings is 1. The van der Waals surface area contributed by atoms with E-state index in [2.05, 4.69) is 48.3 Å². The lowest BCUT2D eigenvalue weighted by atomic mass is 10.2. The first-order chi connectivity index (χ1) is 8.29. The molecule has 0 aromatic heterocycles. The van der Waals surface area contributed by atoms with E-state index in [0.29, 0.717) is 0 Å². The summed E-state index contributed by atoms with van der Waals surface area (Å²) in [5.41, 5.74) is 2.56. The van der Waals surface area contributed by atoms with E-state index in [-0.39, 0.29) is 0 Å². The number of nitrogens with one attached hydrogen (secondary N) is 1. The fraction of sp³-hybridized carbons (Fsp3) is 0.600. The van der Waals surface area contributed by atoms with Gasteiger partial charge in [0.05, 0.1) is 0 Å². The Morgan fingerprint density at radius 2 is 2.06 bits per heavy atom. The second-order valence-electron chi connectivity index (χ2n) is 5.03. The highest BCUT2D eigenvalue weighted by atomic mass is 15.2. The molecule has 1 saturated heterocycles. The fourth-order valence-corrected chi connectivity index (χ4v) is 2.67. The van der Waals surface area contributed by atoms with Crippen LogP contribution in [0.3, 0.4) is 0 Å². The summed E-state index contributed by atoms with van der Waals surface area (Å²) in [4.78, 5) is 2.63. The van der Waals surface area contributed by atoms with E-state index in [1.807, 2.05) is 0 Å². The summed E-state index contributed by atoms with van der Waals surface area (Å²) in [6, 6.07) is 9.47. The molecule has 0 saturated carbocycles. The van der Waals surface area contributed by atoms with E-state index in [9.17, 15) is 0 Å². The average Bonchev–Trinajstić information content (AvgIpc) is 2.79. The van der Waals surface area contributed by atoms with Gasteiger partial charge in [-0.3, -0.25) is 4.90 Å². The van der Waals surface area contributed by atoms with Crippen molar-refractivity contribution in [3.8, 4) is 0 Å². The maximum atomic E-state index is 3.50. The van der Waals surface area contributed by atoms with Crippen molar-refractivity contribution in [3.05, 3.63) is 29.8 Å². The van der Waals surface area contributed by atoms with E-state index in [4.69, 9.17) is 0 Å². The van der Waals surface area contributed by atoms with Crippen molar-refractivity contribution in [1.29, 1.82) is 0 Å². The van der Waals surface area contributed by atoms with Crippen molar-refractivity contribution in [3.63, 3.8) is 0 Å². The van der Waals surface area contributed by atoms with Crippen molar-refractivity contribution < 1.29 is 0 Å². The predicted molar refractivity (Wildman–Crippen MR) is 74.6 cm³/mol. The normalized spacial score (nSPS) is 20.7. The maximum absolute atomic E-state index is 3.50. The predicted octanol–water partition coefficient (Wildman–Crippen LogP) is 3.28. The Morgan fingerprint density at radius 1 is 1.29 bits per heavy atom. The summed E-state index contributed by atoms with van der Waals surface area (Å²) in [5.74, 6) is 0. The minimum Gasteiger partial charge on any atom is -0.384 e. The zero-order chi connectivity index (χ0) is 12.1. The molecule has 0 amide bonds. The molecule has 1 heterocycles. The fourth-order valence-electron chi connectivity index (χ4n) is 2.67. The number of anilines is 1. The minimum absolute atomic E-state index is 0.829. The zero-order valence-corrected chi connectivity index (χ0v) is 11.1. The van der Waals surface area contributed by atoms with E-state index < -0.39 is 0 Å². The molecule has 1 aromatic rings. The van der Waals surface area contributed by atoms with Crippen LogP contribution in [0.15, 0.2) is 24.3 Å². The standard InChI is InChI=1S/C15H24N2/c1-3-15-5-4-11-17(15)12-10-16-14-8-6-13(2)7-9-14/h6-9,15-16H,3-5,10-12H2,1-2H3. The van der Waals surface area contributed by atoms with Crippen molar-refractivity contribution in [1.82, 2.24) is 4.90 Å². The van der Waals surface area contributed by atoms with E-state index in [1.54, 1.807) is 0 Å². The molecule has 1 unspecified atom stereocenters. The van der Waals surface area contributed by atoms with Crippen LogP contribution in [0.4, 0.5) is 5.69 Å². The van der Waals surface area contributed by atoms with Gasteiger partial charge in [-0.2, -0.15) is 0 Å². The highest BCUT2D eigenvalue weighted by molar-refractivity contribution is 5.44. The van der Waals surface area contributed by atoms with Crippen LogP contribution in [-0.4, -0.2) is 30.6 Å². The van der Waals surface area contributed by atoms with Crippen molar-refractivity contribution in [2.24, 2.45) is 0 Å². The number of hydrogen-bond donors (Lipinski definition) is 1. The molecule has 1 N–H and O–H groups in total. The van der Waals surface area contributed by atoms with Crippen LogP contribution in [0, 0.1) is 6.92 Å². The smallest absolute Gasteiger partial charge is 0.0340 e. The van der Waals surface area contributed by atoms with Gasteiger partial charge in [0, 0.05) is 24.8 Å². The quantitative estimate of drug-likeness (QED) is 0.838. The molecule has 1 aliphatic heterocycles. The van der Waals surface area contributed by atoms with Crippen molar-refractivity contribution >= 4 is 5.69 Å². The van der Waals surface area contributed by atoms with Crippen LogP contribution in [0.2, 0.25) is 0 Å². The Labute approximate surface area is 105 Å². The van der Waals surface area contributed by atoms with Gasteiger partial charge in [0.15, 0.2) is 0 Å². The molecule has 2 heteroatoms. The van der Waals surface area contributed by atoms with Gasteiger partial charge < -0.3 is 5.32 Å². The lowest BCUT2D eigenvalue weighted by Crippen LogP contribution is -2.33. The molecule has 0 spiro atoms. The largest absolute Gasteiger partial charge is 0.384 e. The first-order valence-electron chi connectivity index (χ1n) is 6.84. The molecule has 1 fully saturated rings. The van der Waals surface area contributed by atoms with Gasteiger partial charge in [-0.05, 0) is 44.9 Å². The Morgan fingerprint density at radius 3 is 2.76 bits per heavy atom. The molecule has 2 nitrogen and oxygen atoms in total. The lowest BCUT2D eigenvalue weighted by Gasteiger charge is -2.23. The average molecular weight is 232 g/mol. The van der Waals surface area contributed by atoms with E-state index in [0.717, 1.165) is 12.6 Å². The maximum Gasteiger partial charge on any atom is 0.0340 e. The monoisotopic (exact) mass is 232 g/mol. The Kier molecular flexibility index (Phi) is 4.43. The van der Waals surface area contributed by atoms with Crippen LogP contribution >= 0.6 is 0 Å². The molecule has 1 aliphatic rings. The van der Waals surface area contributed by atoms with Crippen LogP contribution in [0.25, 0.3) is 0 Å². The number of rotatable bonds is 5. The van der Waals surface area contributed by atoms with Gasteiger partial charge in [-0.1, -0.05) is 24.6 Å². The molecule has 1 atom stereocenters. The second kappa shape index (κ2) is 6.06. The highest BCUT2D eigenvalue weighted by Crippen LogP contribution is 2.19. The van der Waals surface area contributed by atoms with Gasteiger partial charge in [-0.25, -0.2) is 0 Å². The third-order valence-corrected chi connectivity index (χ3v) is 3.75. The summed E-state index contributed by atoms with van der Waals surface area (Å²) in [6.07, 6.45) is 4.06. The summed E-state index contributed by atoms with van der Waals surface area (Å²) in [5, 5.41) is 3.50. The second-order valence-corrected chi connectivity index (χ2v) is 5.03. The Balaban J connectivity index is 1.74. The van der Waals surface area contributed by atoms with Gasteiger partial charge in [0.25, 0.3) is 0 Å². The van der Waals surface area contributed by atoms with Crippen LogP contribution < -0.4 is 5.32 Å². The molecule has 1 aromatic carbocycles. The SMILES string of the molecule is CCC1CCCN1CCNc1ccc(C)cc1. The molecule has 0 bridgehead atoms. The zero-order valence-electron chi connectivity index (χ0n) is 11.1. The van der Waals surface area contributed by atoms with Crippen LogP contribution in [0.5, 0.6) is 0 Å². The van der Waals surface area contributed by atoms with E-state index in [1.165, 1.54) is 43.6 Å². The van der Waals surface area contributed by atoms with Crippen molar-refractivity contribution in [2.75, 3.05) is 25.0 Å². The first kappa shape index (κ1) is 12.4. The van der Waals surface area contributed by atoms with Gasteiger partial charge in [0.1, 0.15) is 0 Å². The number of likely N-dealkylation sites (tertiary alicyclic amines) is 1. The molecule has 17 heavy (non-hydrogen) atoms. The molecular weight excluding hydrogens is 208 g/mol. The van der Waals surface area contributed by atoms with Gasteiger partial charge in [-0.15, -0.1) is 0 Å². The van der Waals surface area contributed by atoms with E-state index >= 15 is 0 Å². The van der Waals surface area contributed by atoms with Gasteiger partial charge >= 0.3 is 0 Å². The number of aryl methyl sites for hydroxylation is 1. The van der Waals surface area contributed by atoms with Gasteiger partial charge in [0.2, 0.25) is 0 Å². The first-order valence-corrected chi connectivity index (χ1v) is 6.84. The molecule has 2 rings (SSSR count). The highest BCUT2D eigenvalue weighted by Gasteiger charge is 2.21. The lowest BCUT2D eigenvalue weighted by molar-refractivity contribution is 0.258. The summed E-state index contributed by atoms with van der Waals surface area (Å²) < 4.78 is 0. The van der Waals surface area contributed by atoms with Crippen LogP contribution in [-0.2, 0) is 0 Å². The molecule has 0 radical (unpaired) electrons. The number of hydrogen-bond acceptors (Lipinski definition) is 2. The third-order valence-electron chi connectivity index (χ3n) is 3.75. The Hall–Kier alpha value is -1.02. The summed E-state index contributed by atoms with van der Waals surface area (Å²) in [7, 11) is 0. The molecular formula is C15H24N2. The topological polar surface area (TPSA) is 15.3 Å². The number of nitrogens with zero attached hydrogens (tertiary/aromatic N) is 1. The van der Waals surface area contributed by atoms with Crippen molar-refractivity contribution in [2.45, 2.75) is 39.2 Å². The molecule has 94 valence electrons. The minimum atomic E-state index is 0.829. The van der Waals surface area contributed by atoms with Crippen LogP contribution in [0.1, 0.15) is 31.7 Å².